The van der Waals surface area contributed by atoms with Gasteiger partial charge in [-0.2, -0.15) is 0 Å². The Kier molecular flexibility index (Phi) is 12.0. The lowest BCUT2D eigenvalue weighted by atomic mass is 10.2. The molecule has 5 nitrogen and oxygen atoms in total. The zero-order valence-electron chi connectivity index (χ0n) is 7.16. The van der Waals surface area contributed by atoms with Crippen LogP contribution in [0.5, 0.6) is 0 Å². The van der Waals surface area contributed by atoms with E-state index in [9.17, 15) is 0 Å². The van der Waals surface area contributed by atoms with Crippen molar-refractivity contribution in [1.29, 1.82) is 0 Å². The van der Waals surface area contributed by atoms with Gasteiger partial charge in [0.1, 0.15) is 0 Å². The van der Waals surface area contributed by atoms with Gasteiger partial charge in [0.25, 0.3) is 0 Å². The van der Waals surface area contributed by atoms with Crippen LogP contribution in [-0.4, -0.2) is 9.98 Å². The Hall–Kier alpha value is 0.530. The predicted molar refractivity (Wildman–Crippen MR) is 35.4 cm³/mol. The van der Waals surface area contributed by atoms with Gasteiger partial charge in [0.05, 0.1) is 0 Å². The molecule has 0 rings (SSSR count). The molecule has 6 heteroatoms. The normalized spacial score (nSPS) is 10.5. The third kappa shape index (κ3) is 46.6. The van der Waals surface area contributed by atoms with Gasteiger partial charge < -0.3 is 5.73 Å². The number of hydrogen-bond acceptors (Lipinski definition) is 5. The van der Waals surface area contributed by atoms with E-state index in [1.807, 2.05) is 0 Å². The second kappa shape index (κ2) is 9.62. The number of hydrogen-bond donors (Lipinski definition) is 2. The van der Waals surface area contributed by atoms with E-state index in [2.05, 4.69) is 6.92 Å². The Morgan fingerprint density at radius 1 is 1.17 bits per heavy atom. The standard InChI is InChI=1S/C6H15N.HIO4/c1-2-3-4-5-6-7;2-1(3,4)5/h2-7H2,1H3;2H. The van der Waals surface area contributed by atoms with Crippen LogP contribution in [0.3, 0.4) is 0 Å². The maximum atomic E-state index is 8.73. The molecule has 0 bridgehead atoms. The van der Waals surface area contributed by atoms with Gasteiger partial charge in [0, 0.05) is 3.44 Å². The smallest absolute Gasteiger partial charge is 0.330 e. The minimum Gasteiger partial charge on any atom is -0.330 e. The first-order valence-corrected chi connectivity index (χ1v) is 7.35. The van der Waals surface area contributed by atoms with E-state index in [0.29, 0.717) is 0 Å². The summed E-state index contributed by atoms with van der Waals surface area (Å²) in [6.45, 7) is 3.07. The summed E-state index contributed by atoms with van der Waals surface area (Å²) < 4.78 is 33.2. The van der Waals surface area contributed by atoms with Crippen LogP contribution in [-0.2, 0) is 0 Å². The van der Waals surface area contributed by atoms with Crippen LogP contribution in [0.15, 0.2) is 0 Å². The minimum atomic E-state index is -5.69. The molecule has 0 heterocycles. The van der Waals surface area contributed by atoms with Crippen molar-refractivity contribution in [2.45, 2.75) is 32.6 Å². The Morgan fingerprint density at radius 2 is 1.58 bits per heavy atom. The summed E-state index contributed by atoms with van der Waals surface area (Å²) in [6, 6.07) is 0. The molecule has 0 saturated carbocycles. The van der Waals surface area contributed by atoms with Gasteiger partial charge in [0.15, 0.2) is 0 Å². The van der Waals surface area contributed by atoms with Gasteiger partial charge in [-0.15, -0.1) is 0 Å². The molecule has 0 aromatic rings. The third-order valence-corrected chi connectivity index (χ3v) is 1.06. The van der Waals surface area contributed by atoms with Crippen LogP contribution >= 0.6 is 0 Å². The average Bonchev–Trinajstić information content (AvgIpc) is 1.85. The summed E-state index contributed by atoms with van der Waals surface area (Å²) in [4.78, 5) is 0. The highest BCUT2D eigenvalue weighted by Gasteiger charge is 2.11. The van der Waals surface area contributed by atoms with Crippen molar-refractivity contribution in [3.63, 3.8) is 0 Å². The molecule has 12 heavy (non-hydrogen) atoms. The zero-order chi connectivity index (χ0) is 10.0. The monoisotopic (exact) mass is 293 g/mol. The fourth-order valence-corrected chi connectivity index (χ4v) is 0.571. The van der Waals surface area contributed by atoms with E-state index >= 15 is 0 Å². The van der Waals surface area contributed by atoms with Gasteiger partial charge in [0.2, 0.25) is 0 Å². The number of unbranched alkanes of at least 4 members (excludes halogenated alkanes) is 3. The maximum absolute atomic E-state index is 8.73. The Labute approximate surface area is 78.9 Å². The van der Waals surface area contributed by atoms with Crippen molar-refractivity contribution in [2.75, 3.05) is 6.54 Å². The van der Waals surface area contributed by atoms with Gasteiger partial charge in [-0.3, -0.25) is 10.3 Å². The van der Waals surface area contributed by atoms with Crippen LogP contribution in [0.25, 0.3) is 0 Å². The number of rotatable bonds is 4. The predicted octanol–water partition coefficient (Wildman–Crippen LogP) is -5.59. The van der Waals surface area contributed by atoms with Crippen molar-refractivity contribution in [1.82, 2.24) is 0 Å². The first-order chi connectivity index (χ1) is 5.41. The number of nitrogens with two attached hydrogens (primary N) is 1. The molecule has 0 aromatic heterocycles. The Bertz CT molecular complexity index is 76.1. The van der Waals surface area contributed by atoms with Crippen LogP contribution in [0.4, 0.5) is 0 Å². The molecule has 0 atom stereocenters. The topological polar surface area (TPSA) is 115 Å². The SMILES string of the molecule is CCCCCCN.[O-][I+3]([O-])([O-])O. The molecular formula is C6H16INO4. The molecule has 0 fully saturated rings. The van der Waals surface area contributed by atoms with Crippen molar-refractivity contribution >= 4 is 0 Å². The van der Waals surface area contributed by atoms with Crippen LogP contribution < -0.4 is 36.1 Å². The minimum absolute atomic E-state index is 0.861. The fourth-order valence-electron chi connectivity index (χ4n) is 0.571. The van der Waals surface area contributed by atoms with Crippen molar-refractivity contribution in [3.8, 4) is 0 Å². The Morgan fingerprint density at radius 3 is 1.83 bits per heavy atom. The quantitative estimate of drug-likeness (QED) is 0.396. The van der Waals surface area contributed by atoms with E-state index < -0.39 is 20.1 Å². The summed E-state index contributed by atoms with van der Waals surface area (Å²) in [7, 11) is 0. The summed E-state index contributed by atoms with van der Waals surface area (Å²) >= 11 is -5.69. The molecule has 76 valence electrons. The molecule has 0 spiro atoms. The summed E-state index contributed by atoms with van der Waals surface area (Å²) in [6.07, 6.45) is 5.16. The first-order valence-electron chi connectivity index (χ1n) is 3.75. The summed E-state index contributed by atoms with van der Waals surface area (Å²) in [5.41, 5.74) is 5.27. The molecule has 0 amide bonds. The lowest BCUT2D eigenvalue weighted by molar-refractivity contribution is -1.92. The van der Waals surface area contributed by atoms with Gasteiger partial charge in [-0.1, -0.05) is 26.2 Å². The van der Waals surface area contributed by atoms with Gasteiger partial charge in [-0.25, -0.2) is 0 Å². The number of halogens is 1. The lowest BCUT2D eigenvalue weighted by Crippen LogP contribution is -4.23. The highest BCUT2D eigenvalue weighted by molar-refractivity contribution is 4.38. The molecule has 0 radical (unpaired) electrons. The highest BCUT2D eigenvalue weighted by atomic mass is 127. The maximum Gasteiger partial charge on any atom is 0.368 e. The molecule has 0 saturated heterocycles. The molecule has 0 aliphatic rings. The fraction of sp³-hybridized carbons (Fsp3) is 1.00. The second-order valence-electron chi connectivity index (χ2n) is 2.25. The molecule has 0 aliphatic carbocycles. The zero-order valence-corrected chi connectivity index (χ0v) is 9.32. The molecular weight excluding hydrogens is 277 g/mol. The summed E-state index contributed by atoms with van der Waals surface area (Å²) in [5, 5.41) is 0. The first kappa shape index (κ1) is 15.0. The van der Waals surface area contributed by atoms with Crippen molar-refractivity contribution in [3.05, 3.63) is 0 Å². The van der Waals surface area contributed by atoms with Crippen molar-refractivity contribution < 1.29 is 33.8 Å². The van der Waals surface area contributed by atoms with E-state index in [-0.39, 0.29) is 0 Å². The van der Waals surface area contributed by atoms with Gasteiger partial charge >= 0.3 is 20.1 Å². The van der Waals surface area contributed by atoms with Crippen LogP contribution in [0.1, 0.15) is 32.6 Å². The van der Waals surface area contributed by atoms with E-state index in [0.717, 1.165) is 6.54 Å². The second-order valence-corrected chi connectivity index (χ2v) is 4.51. The summed E-state index contributed by atoms with van der Waals surface area (Å²) in [5.74, 6) is 0. The van der Waals surface area contributed by atoms with Crippen molar-refractivity contribution in [2.24, 2.45) is 5.73 Å². The van der Waals surface area contributed by atoms with E-state index in [4.69, 9.17) is 19.5 Å². The molecule has 0 aliphatic heterocycles. The third-order valence-electron chi connectivity index (χ3n) is 1.06. The van der Waals surface area contributed by atoms with Crippen LogP contribution in [0, 0.1) is 0 Å². The average molecular weight is 293 g/mol. The molecule has 0 unspecified atom stereocenters. The largest absolute Gasteiger partial charge is 0.368 e. The molecule has 3 N–H and O–H groups in total. The van der Waals surface area contributed by atoms with Crippen LogP contribution in [0.2, 0.25) is 0 Å². The lowest BCUT2D eigenvalue weighted by Gasteiger charge is -1.93. The highest BCUT2D eigenvalue weighted by Crippen LogP contribution is 1.95. The van der Waals surface area contributed by atoms with E-state index in [1.54, 1.807) is 0 Å². The van der Waals surface area contributed by atoms with Gasteiger partial charge in [-0.05, 0) is 13.0 Å². The Balaban J connectivity index is 0. The molecule has 0 aromatic carbocycles. The van der Waals surface area contributed by atoms with E-state index in [1.165, 1.54) is 25.7 Å².